The summed E-state index contributed by atoms with van der Waals surface area (Å²) in [5, 5.41) is 8.69. The molecule has 108 valence electrons. The highest BCUT2D eigenvalue weighted by molar-refractivity contribution is 7.90. The lowest BCUT2D eigenvalue weighted by Gasteiger charge is -2.02. The summed E-state index contributed by atoms with van der Waals surface area (Å²) in [5.41, 5.74) is 0.469. The van der Waals surface area contributed by atoms with Crippen LogP contribution >= 0.6 is 11.6 Å². The van der Waals surface area contributed by atoms with E-state index in [1.54, 1.807) is 30.3 Å². The van der Waals surface area contributed by atoms with Gasteiger partial charge in [-0.1, -0.05) is 41.9 Å². The summed E-state index contributed by atoms with van der Waals surface area (Å²) in [6.07, 6.45) is 1.22. The van der Waals surface area contributed by atoms with Crippen molar-refractivity contribution in [3.8, 4) is 0 Å². The number of carboxylic acid groups (broad SMARTS) is 1. The fourth-order valence-corrected chi connectivity index (χ4v) is 2.78. The average Bonchev–Trinajstić information content (AvgIpc) is 2.46. The van der Waals surface area contributed by atoms with Gasteiger partial charge >= 0.3 is 5.97 Å². The summed E-state index contributed by atoms with van der Waals surface area (Å²) in [4.78, 5) is 10.7. The third-order valence-corrected chi connectivity index (χ3v) is 4.15. The Hall–Kier alpha value is -2.18. The summed E-state index contributed by atoms with van der Waals surface area (Å²) in [6.45, 7) is 0. The number of aromatic carboxylic acids is 1. The molecule has 0 saturated carbocycles. The molecule has 0 aromatic heterocycles. The van der Waals surface area contributed by atoms with Gasteiger partial charge in [-0.15, -0.1) is 0 Å². The molecule has 0 saturated heterocycles. The molecule has 0 fully saturated rings. The van der Waals surface area contributed by atoms with Gasteiger partial charge in [0.1, 0.15) is 0 Å². The Morgan fingerprint density at radius 3 is 2.38 bits per heavy atom. The Labute approximate surface area is 126 Å². The van der Waals surface area contributed by atoms with Crippen molar-refractivity contribution >= 4 is 33.8 Å². The highest BCUT2D eigenvalue weighted by Crippen LogP contribution is 2.22. The maximum Gasteiger partial charge on any atom is 0.337 e. The molecule has 0 aliphatic carbocycles. The summed E-state index contributed by atoms with van der Waals surface area (Å²) in [5.74, 6) is -1.23. The first-order valence-corrected chi connectivity index (χ1v) is 7.60. The van der Waals surface area contributed by atoms with E-state index in [1.807, 2.05) is 0 Å². The van der Waals surface area contributed by atoms with Crippen LogP contribution < -0.4 is 0 Å². The minimum absolute atomic E-state index is 0.154. The predicted octanol–water partition coefficient (Wildman–Crippen LogP) is 2.85. The van der Waals surface area contributed by atoms with Gasteiger partial charge in [0.25, 0.3) is 10.0 Å². The van der Waals surface area contributed by atoms with E-state index >= 15 is 0 Å². The maximum atomic E-state index is 12.0. The molecule has 0 heterocycles. The standard InChI is InChI=1S/C14H10ClNO4S/c15-13-8-11(6-7-12(13)14(17)18)21(19,20)16-9-10-4-2-1-3-5-10/h1-9H,(H,17,18)/b16-9+. The lowest BCUT2D eigenvalue weighted by Crippen LogP contribution is -2.02. The molecule has 1 N–H and O–H groups in total. The van der Waals surface area contributed by atoms with Gasteiger partial charge in [-0.2, -0.15) is 12.8 Å². The minimum atomic E-state index is -3.93. The minimum Gasteiger partial charge on any atom is -0.478 e. The molecule has 0 atom stereocenters. The van der Waals surface area contributed by atoms with E-state index in [-0.39, 0.29) is 15.5 Å². The zero-order valence-corrected chi connectivity index (χ0v) is 12.2. The zero-order valence-electron chi connectivity index (χ0n) is 10.6. The van der Waals surface area contributed by atoms with Crippen molar-refractivity contribution in [1.82, 2.24) is 0 Å². The van der Waals surface area contributed by atoms with Gasteiger partial charge in [0.2, 0.25) is 0 Å². The first-order valence-electron chi connectivity index (χ1n) is 5.78. The molecule has 0 amide bonds. The van der Waals surface area contributed by atoms with E-state index in [1.165, 1.54) is 6.21 Å². The second kappa shape index (κ2) is 6.07. The van der Waals surface area contributed by atoms with Crippen LogP contribution in [0.1, 0.15) is 15.9 Å². The number of benzene rings is 2. The Morgan fingerprint density at radius 1 is 1.14 bits per heavy atom. The Balaban J connectivity index is 2.34. The molecule has 21 heavy (non-hydrogen) atoms. The average molecular weight is 324 g/mol. The van der Waals surface area contributed by atoms with Gasteiger partial charge in [0.15, 0.2) is 0 Å². The summed E-state index contributed by atoms with van der Waals surface area (Å²) < 4.78 is 27.6. The third kappa shape index (κ3) is 3.68. The number of hydrogen-bond donors (Lipinski definition) is 1. The van der Waals surface area contributed by atoms with Crippen molar-refractivity contribution in [2.75, 3.05) is 0 Å². The van der Waals surface area contributed by atoms with E-state index in [0.29, 0.717) is 5.56 Å². The van der Waals surface area contributed by atoms with Crippen molar-refractivity contribution in [2.45, 2.75) is 4.90 Å². The number of rotatable bonds is 4. The lowest BCUT2D eigenvalue weighted by atomic mass is 10.2. The van der Waals surface area contributed by atoms with Crippen LogP contribution in [0.15, 0.2) is 57.8 Å². The van der Waals surface area contributed by atoms with Crippen LogP contribution in [-0.4, -0.2) is 25.7 Å². The summed E-state index contributed by atoms with van der Waals surface area (Å²) in [7, 11) is -3.93. The molecule has 2 rings (SSSR count). The van der Waals surface area contributed by atoms with E-state index in [2.05, 4.69) is 4.40 Å². The largest absolute Gasteiger partial charge is 0.478 e. The molecule has 0 spiro atoms. The van der Waals surface area contributed by atoms with Crippen molar-refractivity contribution in [1.29, 1.82) is 0 Å². The quantitative estimate of drug-likeness (QED) is 0.877. The molecule has 0 bridgehead atoms. The maximum absolute atomic E-state index is 12.0. The first kappa shape index (κ1) is 15.2. The fraction of sp³-hybridized carbons (Fsp3) is 0. The molecule has 2 aromatic rings. The summed E-state index contributed by atoms with van der Waals surface area (Å²) >= 11 is 5.75. The van der Waals surface area contributed by atoms with Crippen molar-refractivity contribution in [3.05, 3.63) is 64.7 Å². The SMILES string of the molecule is O=C(O)c1ccc(S(=O)(=O)/N=C/c2ccccc2)cc1Cl. The number of hydrogen-bond acceptors (Lipinski definition) is 3. The fourth-order valence-electron chi connectivity index (χ4n) is 1.56. The number of sulfonamides is 1. The molecular weight excluding hydrogens is 314 g/mol. The van der Waals surface area contributed by atoms with Crippen LogP contribution in [0.4, 0.5) is 0 Å². The Morgan fingerprint density at radius 2 is 1.81 bits per heavy atom. The number of halogens is 1. The molecule has 0 unspecified atom stereocenters. The van der Waals surface area contributed by atoms with E-state index in [0.717, 1.165) is 18.2 Å². The monoisotopic (exact) mass is 323 g/mol. The molecule has 0 aliphatic heterocycles. The van der Waals surface area contributed by atoms with Crippen LogP contribution in [0.5, 0.6) is 0 Å². The first-order chi connectivity index (χ1) is 9.90. The molecule has 5 nitrogen and oxygen atoms in total. The van der Waals surface area contributed by atoms with Crippen LogP contribution in [-0.2, 0) is 10.0 Å². The van der Waals surface area contributed by atoms with Gasteiger partial charge in [0, 0.05) is 6.21 Å². The van der Waals surface area contributed by atoms with Crippen LogP contribution in [0, 0.1) is 0 Å². The van der Waals surface area contributed by atoms with Gasteiger partial charge in [-0.3, -0.25) is 0 Å². The predicted molar refractivity (Wildman–Crippen MR) is 79.6 cm³/mol. The third-order valence-electron chi connectivity index (χ3n) is 2.61. The van der Waals surface area contributed by atoms with E-state index in [4.69, 9.17) is 16.7 Å². The van der Waals surface area contributed by atoms with E-state index in [9.17, 15) is 13.2 Å². The highest BCUT2D eigenvalue weighted by atomic mass is 35.5. The molecule has 0 aliphatic rings. The van der Waals surface area contributed by atoms with Gasteiger partial charge in [0.05, 0.1) is 15.5 Å². The van der Waals surface area contributed by atoms with Gasteiger partial charge in [-0.05, 0) is 23.8 Å². The summed E-state index contributed by atoms with van der Waals surface area (Å²) in [6, 6.07) is 12.1. The molecule has 2 aromatic carbocycles. The smallest absolute Gasteiger partial charge is 0.337 e. The van der Waals surface area contributed by atoms with E-state index < -0.39 is 16.0 Å². The number of nitrogens with zero attached hydrogens (tertiary/aromatic N) is 1. The highest BCUT2D eigenvalue weighted by Gasteiger charge is 2.16. The topological polar surface area (TPSA) is 83.8 Å². The van der Waals surface area contributed by atoms with Gasteiger partial charge in [-0.25, -0.2) is 4.79 Å². The van der Waals surface area contributed by atoms with Crippen molar-refractivity contribution < 1.29 is 18.3 Å². The Kier molecular flexibility index (Phi) is 4.40. The van der Waals surface area contributed by atoms with Crippen LogP contribution in [0.3, 0.4) is 0 Å². The zero-order chi connectivity index (χ0) is 15.5. The molecule has 0 radical (unpaired) electrons. The number of carbonyl (C=O) groups is 1. The van der Waals surface area contributed by atoms with Crippen LogP contribution in [0.25, 0.3) is 0 Å². The normalized spacial score (nSPS) is 11.7. The van der Waals surface area contributed by atoms with Crippen molar-refractivity contribution in [3.63, 3.8) is 0 Å². The number of carboxylic acids is 1. The van der Waals surface area contributed by atoms with Gasteiger partial charge < -0.3 is 5.11 Å². The Bertz CT molecular complexity index is 801. The van der Waals surface area contributed by atoms with Crippen LogP contribution in [0.2, 0.25) is 5.02 Å². The molecular formula is C14H10ClNO4S. The molecule has 7 heteroatoms. The van der Waals surface area contributed by atoms with Crippen molar-refractivity contribution in [2.24, 2.45) is 4.40 Å². The lowest BCUT2D eigenvalue weighted by molar-refractivity contribution is 0.0697. The second-order valence-corrected chi connectivity index (χ2v) is 6.11. The second-order valence-electron chi connectivity index (χ2n) is 4.07.